The number of aryl methyl sites for hydroxylation is 1. The highest BCUT2D eigenvalue weighted by atomic mass is 32.2. The molecule has 7 heteroatoms. The molecule has 1 saturated heterocycles. The number of piperidine rings is 1. The van der Waals surface area contributed by atoms with Gasteiger partial charge < -0.3 is 5.32 Å². The Hall–Kier alpha value is -2.25. The summed E-state index contributed by atoms with van der Waals surface area (Å²) in [6.07, 6.45) is 2.21. The van der Waals surface area contributed by atoms with Crippen molar-refractivity contribution in [2.24, 2.45) is 5.92 Å². The Balaban J connectivity index is 1.66. The van der Waals surface area contributed by atoms with Crippen molar-refractivity contribution < 1.29 is 17.6 Å². The van der Waals surface area contributed by atoms with Gasteiger partial charge in [0.2, 0.25) is 15.9 Å². The van der Waals surface area contributed by atoms with Gasteiger partial charge in [0.1, 0.15) is 5.82 Å². The second-order valence-electron chi connectivity index (χ2n) is 7.48. The SMILES string of the molecule is CCc1ccc([C@@H](C)NC(=O)[C@H]2CCCN(S(=O)(=O)c3ccc(F)cc3)C2)cc1. The van der Waals surface area contributed by atoms with E-state index in [4.69, 9.17) is 0 Å². The summed E-state index contributed by atoms with van der Waals surface area (Å²) in [6, 6.07) is 12.8. The highest BCUT2D eigenvalue weighted by Crippen LogP contribution is 2.25. The number of carbonyl (C=O) groups excluding carboxylic acids is 1. The second kappa shape index (κ2) is 9.05. The summed E-state index contributed by atoms with van der Waals surface area (Å²) < 4.78 is 40.1. The number of amides is 1. The van der Waals surface area contributed by atoms with Crippen molar-refractivity contribution in [3.8, 4) is 0 Å². The zero-order chi connectivity index (χ0) is 21.0. The summed E-state index contributed by atoms with van der Waals surface area (Å²) in [4.78, 5) is 12.8. The van der Waals surface area contributed by atoms with Crippen LogP contribution in [0.2, 0.25) is 0 Å². The van der Waals surface area contributed by atoms with Crippen molar-refractivity contribution in [2.45, 2.75) is 44.0 Å². The summed E-state index contributed by atoms with van der Waals surface area (Å²) >= 11 is 0. The van der Waals surface area contributed by atoms with Gasteiger partial charge in [-0.25, -0.2) is 12.8 Å². The van der Waals surface area contributed by atoms with E-state index >= 15 is 0 Å². The van der Waals surface area contributed by atoms with Gasteiger partial charge in [0.05, 0.1) is 16.9 Å². The first kappa shape index (κ1) is 21.5. The number of hydrogen-bond donors (Lipinski definition) is 1. The molecule has 1 fully saturated rings. The molecule has 3 rings (SSSR count). The van der Waals surface area contributed by atoms with E-state index in [9.17, 15) is 17.6 Å². The van der Waals surface area contributed by atoms with Crippen LogP contribution >= 0.6 is 0 Å². The molecule has 1 heterocycles. The molecule has 1 aliphatic heterocycles. The molecule has 2 aromatic carbocycles. The van der Waals surface area contributed by atoms with Gasteiger partial charge >= 0.3 is 0 Å². The van der Waals surface area contributed by atoms with Crippen LogP contribution in [0.4, 0.5) is 4.39 Å². The topological polar surface area (TPSA) is 66.5 Å². The van der Waals surface area contributed by atoms with E-state index in [0.717, 1.165) is 24.1 Å². The zero-order valence-corrected chi connectivity index (χ0v) is 17.6. The molecule has 0 saturated carbocycles. The maximum Gasteiger partial charge on any atom is 0.243 e. The Morgan fingerprint density at radius 3 is 2.45 bits per heavy atom. The standard InChI is InChI=1S/C22H27FN2O3S/c1-3-17-6-8-18(9-7-17)16(2)24-22(26)19-5-4-14-25(15-19)29(27,28)21-12-10-20(23)11-13-21/h6-13,16,19H,3-5,14-15H2,1-2H3,(H,24,26)/t16-,19+/m1/s1. The Labute approximate surface area is 172 Å². The average molecular weight is 419 g/mol. The van der Waals surface area contributed by atoms with Gasteiger partial charge in [0.15, 0.2) is 0 Å². The minimum Gasteiger partial charge on any atom is -0.349 e. The smallest absolute Gasteiger partial charge is 0.243 e. The largest absolute Gasteiger partial charge is 0.349 e. The van der Waals surface area contributed by atoms with E-state index in [1.54, 1.807) is 0 Å². The number of rotatable bonds is 6. The van der Waals surface area contributed by atoms with Gasteiger partial charge in [-0.05, 0) is 61.6 Å². The number of nitrogens with one attached hydrogen (secondary N) is 1. The van der Waals surface area contributed by atoms with E-state index in [1.807, 2.05) is 19.1 Å². The highest BCUT2D eigenvalue weighted by Gasteiger charge is 2.33. The predicted molar refractivity (Wildman–Crippen MR) is 110 cm³/mol. The molecule has 1 N–H and O–H groups in total. The summed E-state index contributed by atoms with van der Waals surface area (Å²) in [5, 5.41) is 3.01. The first-order valence-electron chi connectivity index (χ1n) is 9.96. The minimum absolute atomic E-state index is 0.0457. The Morgan fingerprint density at radius 2 is 1.83 bits per heavy atom. The van der Waals surface area contributed by atoms with Gasteiger partial charge in [0.25, 0.3) is 0 Å². The van der Waals surface area contributed by atoms with E-state index in [0.29, 0.717) is 19.4 Å². The second-order valence-corrected chi connectivity index (χ2v) is 9.42. The maximum atomic E-state index is 13.1. The summed E-state index contributed by atoms with van der Waals surface area (Å²) in [5.74, 6) is -1.03. The molecule has 0 aliphatic carbocycles. The molecule has 0 spiro atoms. The predicted octanol–water partition coefficient (Wildman–Crippen LogP) is 3.67. The van der Waals surface area contributed by atoms with E-state index < -0.39 is 21.8 Å². The van der Waals surface area contributed by atoms with E-state index in [1.165, 1.54) is 22.0 Å². The van der Waals surface area contributed by atoms with E-state index in [-0.39, 0.29) is 23.4 Å². The highest BCUT2D eigenvalue weighted by molar-refractivity contribution is 7.89. The van der Waals surface area contributed by atoms with Crippen molar-refractivity contribution >= 4 is 15.9 Å². The van der Waals surface area contributed by atoms with Crippen LogP contribution in [0.15, 0.2) is 53.4 Å². The van der Waals surface area contributed by atoms with Crippen LogP contribution in [0, 0.1) is 11.7 Å². The quantitative estimate of drug-likeness (QED) is 0.778. The van der Waals surface area contributed by atoms with Crippen LogP contribution in [-0.4, -0.2) is 31.7 Å². The number of halogens is 1. The zero-order valence-electron chi connectivity index (χ0n) is 16.8. The molecule has 0 bridgehead atoms. The van der Waals surface area contributed by atoms with Gasteiger partial charge in [-0.2, -0.15) is 4.31 Å². The number of benzene rings is 2. The summed E-state index contributed by atoms with van der Waals surface area (Å²) in [6.45, 7) is 4.51. The molecular formula is C22H27FN2O3S. The Bertz CT molecular complexity index is 943. The van der Waals surface area contributed by atoms with Crippen molar-refractivity contribution in [1.29, 1.82) is 0 Å². The number of carbonyl (C=O) groups is 1. The molecule has 156 valence electrons. The fourth-order valence-electron chi connectivity index (χ4n) is 3.59. The molecule has 0 unspecified atom stereocenters. The Morgan fingerprint density at radius 1 is 1.17 bits per heavy atom. The van der Waals surface area contributed by atoms with Crippen LogP contribution in [0.25, 0.3) is 0 Å². The molecule has 2 aromatic rings. The lowest BCUT2D eigenvalue weighted by Gasteiger charge is -2.32. The molecule has 0 radical (unpaired) electrons. The van der Waals surface area contributed by atoms with Gasteiger partial charge in [-0.3, -0.25) is 4.79 Å². The Kier molecular flexibility index (Phi) is 6.70. The summed E-state index contributed by atoms with van der Waals surface area (Å²) in [7, 11) is -3.75. The molecule has 2 atom stereocenters. The lowest BCUT2D eigenvalue weighted by molar-refractivity contribution is -0.126. The maximum absolute atomic E-state index is 13.1. The number of hydrogen-bond acceptors (Lipinski definition) is 3. The van der Waals surface area contributed by atoms with Crippen LogP contribution in [0.1, 0.15) is 43.9 Å². The van der Waals surface area contributed by atoms with Crippen LogP contribution in [0.5, 0.6) is 0 Å². The van der Waals surface area contributed by atoms with Crippen molar-refractivity contribution in [3.05, 3.63) is 65.5 Å². The van der Waals surface area contributed by atoms with Gasteiger partial charge in [-0.15, -0.1) is 0 Å². The van der Waals surface area contributed by atoms with Crippen molar-refractivity contribution in [2.75, 3.05) is 13.1 Å². The third kappa shape index (κ3) is 5.03. The fraction of sp³-hybridized carbons (Fsp3) is 0.409. The fourth-order valence-corrected chi connectivity index (χ4v) is 5.11. The lowest BCUT2D eigenvalue weighted by Crippen LogP contribution is -2.45. The minimum atomic E-state index is -3.75. The summed E-state index contributed by atoms with van der Waals surface area (Å²) in [5.41, 5.74) is 2.25. The molecule has 0 aromatic heterocycles. The van der Waals surface area contributed by atoms with Crippen molar-refractivity contribution in [1.82, 2.24) is 9.62 Å². The molecule has 5 nitrogen and oxygen atoms in total. The monoisotopic (exact) mass is 418 g/mol. The number of sulfonamides is 1. The first-order chi connectivity index (χ1) is 13.8. The normalized spacial score (nSPS) is 18.9. The molecular weight excluding hydrogens is 391 g/mol. The van der Waals surface area contributed by atoms with Crippen LogP contribution in [0.3, 0.4) is 0 Å². The lowest BCUT2D eigenvalue weighted by atomic mass is 9.97. The van der Waals surface area contributed by atoms with E-state index in [2.05, 4.69) is 24.4 Å². The van der Waals surface area contributed by atoms with Crippen LogP contribution in [-0.2, 0) is 21.2 Å². The average Bonchev–Trinajstić information content (AvgIpc) is 2.74. The van der Waals surface area contributed by atoms with Gasteiger partial charge in [-0.1, -0.05) is 31.2 Å². The third-order valence-electron chi connectivity index (χ3n) is 5.45. The van der Waals surface area contributed by atoms with Crippen LogP contribution < -0.4 is 5.32 Å². The number of nitrogens with zero attached hydrogens (tertiary/aromatic N) is 1. The molecule has 29 heavy (non-hydrogen) atoms. The first-order valence-corrected chi connectivity index (χ1v) is 11.4. The molecule has 1 aliphatic rings. The third-order valence-corrected chi connectivity index (χ3v) is 7.33. The van der Waals surface area contributed by atoms with Crippen molar-refractivity contribution in [3.63, 3.8) is 0 Å². The molecule has 1 amide bonds. The van der Waals surface area contributed by atoms with Gasteiger partial charge in [0, 0.05) is 13.1 Å².